The van der Waals surface area contributed by atoms with Gasteiger partial charge >= 0.3 is 0 Å². The molecule has 2 N–H and O–H groups in total. The molecule has 1 fully saturated rings. The second-order valence-corrected chi connectivity index (χ2v) is 5.67. The van der Waals surface area contributed by atoms with E-state index in [0.717, 1.165) is 0 Å². The SMILES string of the molecule is CC(C)(O)C(=O)NCC1CCCCS1. The summed E-state index contributed by atoms with van der Waals surface area (Å²) in [7, 11) is 0. The van der Waals surface area contributed by atoms with Gasteiger partial charge in [-0.25, -0.2) is 0 Å². The quantitative estimate of drug-likeness (QED) is 0.746. The molecule has 1 unspecified atom stereocenters. The van der Waals surface area contributed by atoms with Crippen molar-refractivity contribution in [2.45, 2.75) is 44.0 Å². The van der Waals surface area contributed by atoms with E-state index >= 15 is 0 Å². The normalized spacial score (nSPS) is 23.2. The number of carbonyl (C=O) groups excluding carboxylic acids is 1. The van der Waals surface area contributed by atoms with E-state index in [1.165, 1.54) is 38.9 Å². The molecular weight excluding hydrogens is 198 g/mol. The van der Waals surface area contributed by atoms with Crippen molar-refractivity contribution in [3.8, 4) is 0 Å². The molecule has 1 aliphatic heterocycles. The molecule has 1 atom stereocenters. The lowest BCUT2D eigenvalue weighted by atomic mass is 10.1. The van der Waals surface area contributed by atoms with E-state index in [1.54, 1.807) is 0 Å². The average molecular weight is 217 g/mol. The minimum atomic E-state index is -1.25. The fourth-order valence-electron chi connectivity index (χ4n) is 1.39. The van der Waals surface area contributed by atoms with Crippen molar-refractivity contribution in [2.75, 3.05) is 12.3 Å². The Morgan fingerprint density at radius 2 is 2.29 bits per heavy atom. The molecule has 1 saturated heterocycles. The first-order valence-corrected chi connectivity index (χ1v) is 6.17. The summed E-state index contributed by atoms with van der Waals surface area (Å²) in [4.78, 5) is 11.3. The molecule has 0 spiro atoms. The standard InChI is InChI=1S/C10H19NO2S/c1-10(2,13)9(12)11-7-8-5-3-4-6-14-8/h8,13H,3-7H2,1-2H3,(H,11,12). The molecule has 0 radical (unpaired) electrons. The molecule has 1 aliphatic rings. The molecule has 3 nitrogen and oxygen atoms in total. The Balaban J connectivity index is 2.22. The van der Waals surface area contributed by atoms with Crippen molar-refractivity contribution in [1.29, 1.82) is 0 Å². The Kier molecular flexibility index (Phi) is 4.26. The Morgan fingerprint density at radius 1 is 1.57 bits per heavy atom. The van der Waals surface area contributed by atoms with Crippen LogP contribution in [0.2, 0.25) is 0 Å². The van der Waals surface area contributed by atoms with Crippen LogP contribution < -0.4 is 5.32 Å². The van der Waals surface area contributed by atoms with Crippen LogP contribution in [0.15, 0.2) is 0 Å². The largest absolute Gasteiger partial charge is 0.381 e. The average Bonchev–Trinajstić information content (AvgIpc) is 2.14. The monoisotopic (exact) mass is 217 g/mol. The molecule has 14 heavy (non-hydrogen) atoms. The van der Waals surface area contributed by atoms with Gasteiger partial charge < -0.3 is 10.4 Å². The third-order valence-corrected chi connectivity index (χ3v) is 3.72. The molecule has 1 heterocycles. The van der Waals surface area contributed by atoms with E-state index < -0.39 is 5.60 Å². The van der Waals surface area contributed by atoms with Gasteiger partial charge in [0, 0.05) is 11.8 Å². The van der Waals surface area contributed by atoms with Gasteiger partial charge in [0.15, 0.2) is 0 Å². The fourth-order valence-corrected chi connectivity index (χ4v) is 2.63. The van der Waals surface area contributed by atoms with E-state index in [0.29, 0.717) is 11.8 Å². The Hall–Kier alpha value is -0.220. The zero-order valence-corrected chi connectivity index (χ0v) is 9.69. The van der Waals surface area contributed by atoms with Gasteiger partial charge in [0.1, 0.15) is 5.60 Å². The summed E-state index contributed by atoms with van der Waals surface area (Å²) in [6.45, 7) is 3.71. The van der Waals surface area contributed by atoms with Crippen LogP contribution in [0.5, 0.6) is 0 Å². The predicted molar refractivity (Wildman–Crippen MR) is 59.4 cm³/mol. The molecule has 0 saturated carbocycles. The molecule has 82 valence electrons. The van der Waals surface area contributed by atoms with Gasteiger partial charge in [0.05, 0.1) is 0 Å². The first-order chi connectivity index (χ1) is 6.50. The van der Waals surface area contributed by atoms with Gasteiger partial charge in [0.2, 0.25) is 0 Å². The molecule has 0 aliphatic carbocycles. The maximum absolute atomic E-state index is 11.3. The number of aliphatic hydroxyl groups is 1. The molecular formula is C10H19NO2S. The van der Waals surface area contributed by atoms with E-state index in [9.17, 15) is 9.90 Å². The third-order valence-electron chi connectivity index (χ3n) is 2.32. The Morgan fingerprint density at radius 3 is 2.79 bits per heavy atom. The molecule has 0 bridgehead atoms. The van der Waals surface area contributed by atoms with Crippen molar-refractivity contribution in [1.82, 2.24) is 5.32 Å². The zero-order valence-electron chi connectivity index (χ0n) is 8.88. The number of nitrogens with one attached hydrogen (secondary N) is 1. The number of hydrogen-bond donors (Lipinski definition) is 2. The zero-order chi connectivity index (χ0) is 10.6. The van der Waals surface area contributed by atoms with Crippen molar-refractivity contribution < 1.29 is 9.90 Å². The highest BCUT2D eigenvalue weighted by Gasteiger charge is 2.24. The maximum atomic E-state index is 11.3. The molecule has 0 aromatic heterocycles. The van der Waals surface area contributed by atoms with E-state index in [-0.39, 0.29) is 5.91 Å². The van der Waals surface area contributed by atoms with Crippen molar-refractivity contribution in [2.24, 2.45) is 0 Å². The van der Waals surface area contributed by atoms with Crippen molar-refractivity contribution in [3.05, 3.63) is 0 Å². The van der Waals surface area contributed by atoms with E-state index in [4.69, 9.17) is 0 Å². The third kappa shape index (κ3) is 3.88. The number of carbonyl (C=O) groups is 1. The van der Waals surface area contributed by atoms with Crippen LogP contribution in [0.4, 0.5) is 0 Å². The Bertz CT molecular complexity index is 195. The van der Waals surface area contributed by atoms with Gasteiger partial charge in [-0.3, -0.25) is 4.79 Å². The van der Waals surface area contributed by atoms with Gasteiger partial charge in [-0.05, 0) is 32.4 Å². The summed E-state index contributed by atoms with van der Waals surface area (Å²) in [6, 6.07) is 0. The molecule has 1 amide bonds. The molecule has 1 rings (SSSR count). The lowest BCUT2D eigenvalue weighted by molar-refractivity contribution is -0.136. The van der Waals surface area contributed by atoms with Crippen LogP contribution in [-0.2, 0) is 4.79 Å². The molecule has 0 aromatic rings. The number of hydrogen-bond acceptors (Lipinski definition) is 3. The number of rotatable bonds is 3. The lowest BCUT2D eigenvalue weighted by Gasteiger charge is -2.23. The highest BCUT2D eigenvalue weighted by atomic mass is 32.2. The highest BCUT2D eigenvalue weighted by molar-refractivity contribution is 7.99. The second-order valence-electron chi connectivity index (χ2n) is 4.26. The van der Waals surface area contributed by atoms with Crippen LogP contribution >= 0.6 is 11.8 Å². The summed E-state index contributed by atoms with van der Waals surface area (Å²) in [5.41, 5.74) is -1.25. The molecule has 4 heteroatoms. The molecule has 0 aromatic carbocycles. The van der Waals surface area contributed by atoms with Crippen LogP contribution in [-0.4, -0.2) is 34.2 Å². The summed E-state index contributed by atoms with van der Waals surface area (Å²) in [5.74, 6) is 0.923. The first-order valence-electron chi connectivity index (χ1n) is 5.12. The topological polar surface area (TPSA) is 49.3 Å². The van der Waals surface area contributed by atoms with Crippen LogP contribution in [0.1, 0.15) is 33.1 Å². The fraction of sp³-hybridized carbons (Fsp3) is 0.900. The van der Waals surface area contributed by atoms with Crippen LogP contribution in [0, 0.1) is 0 Å². The predicted octanol–water partition coefficient (Wildman–Crippen LogP) is 1.16. The minimum absolute atomic E-state index is 0.274. The lowest BCUT2D eigenvalue weighted by Crippen LogP contribution is -2.44. The summed E-state index contributed by atoms with van der Waals surface area (Å²) in [6.07, 6.45) is 3.73. The van der Waals surface area contributed by atoms with Crippen molar-refractivity contribution >= 4 is 17.7 Å². The summed E-state index contributed by atoms with van der Waals surface area (Å²) >= 11 is 1.92. The van der Waals surface area contributed by atoms with Crippen molar-refractivity contribution in [3.63, 3.8) is 0 Å². The smallest absolute Gasteiger partial charge is 0.251 e. The van der Waals surface area contributed by atoms with Gasteiger partial charge in [-0.2, -0.15) is 11.8 Å². The minimum Gasteiger partial charge on any atom is -0.381 e. The first kappa shape index (κ1) is 11.9. The Labute approximate surface area is 89.6 Å². The number of amides is 1. The van der Waals surface area contributed by atoms with Crippen LogP contribution in [0.3, 0.4) is 0 Å². The maximum Gasteiger partial charge on any atom is 0.251 e. The second kappa shape index (κ2) is 5.03. The van der Waals surface area contributed by atoms with Crippen LogP contribution in [0.25, 0.3) is 0 Å². The van der Waals surface area contributed by atoms with Gasteiger partial charge in [-0.1, -0.05) is 6.42 Å². The van der Waals surface area contributed by atoms with E-state index in [1.807, 2.05) is 11.8 Å². The highest BCUT2D eigenvalue weighted by Crippen LogP contribution is 2.24. The van der Waals surface area contributed by atoms with E-state index in [2.05, 4.69) is 5.32 Å². The summed E-state index contributed by atoms with van der Waals surface area (Å²) in [5, 5.41) is 12.7. The van der Waals surface area contributed by atoms with Gasteiger partial charge in [-0.15, -0.1) is 0 Å². The van der Waals surface area contributed by atoms with Gasteiger partial charge in [0.25, 0.3) is 5.91 Å². The number of thioether (sulfide) groups is 1. The summed E-state index contributed by atoms with van der Waals surface area (Å²) < 4.78 is 0.